The lowest BCUT2D eigenvalue weighted by atomic mass is 10.1. The molecule has 0 aliphatic carbocycles. The Balaban J connectivity index is 1.43. The summed E-state index contributed by atoms with van der Waals surface area (Å²) in [6.07, 6.45) is 4.47. The smallest absolute Gasteiger partial charge is 0.266 e. The van der Waals surface area contributed by atoms with Gasteiger partial charge in [-0.15, -0.1) is 0 Å². The van der Waals surface area contributed by atoms with Gasteiger partial charge in [0.1, 0.15) is 10.1 Å². The van der Waals surface area contributed by atoms with E-state index in [1.165, 1.54) is 11.8 Å². The summed E-state index contributed by atoms with van der Waals surface area (Å²) in [5, 5.41) is 12.7. The van der Waals surface area contributed by atoms with Crippen molar-refractivity contribution in [2.75, 3.05) is 11.9 Å². The number of unbranched alkanes of at least 4 members (excludes halogenated alkanes) is 2. The van der Waals surface area contributed by atoms with E-state index in [1.807, 2.05) is 30.3 Å². The molecule has 1 saturated heterocycles. The number of phenols is 1. The van der Waals surface area contributed by atoms with Gasteiger partial charge in [0.2, 0.25) is 5.91 Å². The van der Waals surface area contributed by atoms with Crippen LogP contribution in [-0.4, -0.2) is 32.7 Å². The Hall–Kier alpha value is -2.64. The summed E-state index contributed by atoms with van der Waals surface area (Å²) >= 11 is 6.59. The molecule has 0 spiro atoms. The van der Waals surface area contributed by atoms with Gasteiger partial charge in [0.25, 0.3) is 5.91 Å². The Bertz CT molecular complexity index is 929. The predicted molar refractivity (Wildman–Crippen MR) is 122 cm³/mol. The average molecular weight is 427 g/mol. The minimum absolute atomic E-state index is 0.00702. The molecule has 1 aliphatic heterocycles. The van der Waals surface area contributed by atoms with E-state index in [1.54, 1.807) is 35.2 Å². The van der Waals surface area contributed by atoms with Gasteiger partial charge in [-0.1, -0.05) is 66.8 Å². The molecule has 0 unspecified atom stereocenters. The van der Waals surface area contributed by atoms with Gasteiger partial charge in [0, 0.05) is 24.2 Å². The number of hydrogen-bond donors (Lipinski definition) is 2. The Morgan fingerprint density at radius 2 is 1.79 bits per heavy atom. The Labute approximate surface area is 179 Å². The molecule has 29 heavy (non-hydrogen) atoms. The molecule has 5 nitrogen and oxygen atoms in total. The topological polar surface area (TPSA) is 69.6 Å². The zero-order valence-corrected chi connectivity index (χ0v) is 17.5. The van der Waals surface area contributed by atoms with E-state index in [2.05, 4.69) is 5.32 Å². The molecule has 7 heteroatoms. The van der Waals surface area contributed by atoms with E-state index < -0.39 is 0 Å². The first-order valence-electron chi connectivity index (χ1n) is 9.43. The molecule has 3 rings (SSSR count). The Kier molecular flexibility index (Phi) is 7.43. The number of anilines is 1. The number of benzene rings is 2. The zero-order valence-electron chi connectivity index (χ0n) is 15.8. The lowest BCUT2D eigenvalue weighted by Gasteiger charge is -2.14. The van der Waals surface area contributed by atoms with E-state index in [-0.39, 0.29) is 17.6 Å². The fourth-order valence-corrected chi connectivity index (χ4v) is 4.22. The third-order valence-electron chi connectivity index (χ3n) is 4.44. The molecule has 0 aromatic heterocycles. The van der Waals surface area contributed by atoms with Gasteiger partial charge < -0.3 is 10.4 Å². The number of nitrogens with one attached hydrogen (secondary N) is 1. The van der Waals surface area contributed by atoms with Gasteiger partial charge in [0.05, 0.1) is 4.91 Å². The highest BCUT2D eigenvalue weighted by molar-refractivity contribution is 8.26. The average Bonchev–Trinajstić information content (AvgIpc) is 2.97. The van der Waals surface area contributed by atoms with Crippen LogP contribution in [-0.2, 0) is 9.59 Å². The van der Waals surface area contributed by atoms with Crippen molar-refractivity contribution in [1.82, 2.24) is 4.90 Å². The molecule has 0 saturated carbocycles. The van der Waals surface area contributed by atoms with Crippen molar-refractivity contribution in [2.24, 2.45) is 0 Å². The molecule has 1 aliphatic rings. The molecule has 150 valence electrons. The van der Waals surface area contributed by atoms with Crippen LogP contribution in [0, 0.1) is 0 Å². The quantitative estimate of drug-likeness (QED) is 0.361. The molecule has 2 aromatic rings. The normalized spacial score (nSPS) is 15.2. The van der Waals surface area contributed by atoms with Crippen molar-refractivity contribution < 1.29 is 14.7 Å². The maximum atomic E-state index is 12.6. The minimum atomic E-state index is -0.134. The van der Waals surface area contributed by atoms with Crippen LogP contribution >= 0.6 is 24.0 Å². The fraction of sp³-hybridized carbons (Fsp3) is 0.227. The number of para-hydroxylation sites is 2. The van der Waals surface area contributed by atoms with Crippen LogP contribution in [0.5, 0.6) is 5.75 Å². The van der Waals surface area contributed by atoms with Crippen LogP contribution in [0.4, 0.5) is 5.69 Å². The van der Waals surface area contributed by atoms with Crippen molar-refractivity contribution in [2.45, 2.75) is 25.7 Å². The molecule has 2 amide bonds. The van der Waals surface area contributed by atoms with Crippen molar-refractivity contribution in [1.29, 1.82) is 0 Å². The molecule has 0 radical (unpaired) electrons. The largest absolute Gasteiger partial charge is 0.507 e. The number of thiocarbonyl (C=S) groups is 1. The SMILES string of the molecule is O=C(CCCCCN1C(=O)/C(=C/c2ccccc2O)SC1=S)Nc1ccccc1. The molecule has 2 N–H and O–H groups in total. The number of phenolic OH excluding ortho intramolecular Hbond substituents is 1. The molecule has 0 bridgehead atoms. The highest BCUT2D eigenvalue weighted by Crippen LogP contribution is 2.34. The standard InChI is InChI=1S/C22H22N2O3S2/c25-18-12-7-6-9-16(18)15-19-21(27)24(22(28)29-19)14-8-2-5-13-20(26)23-17-10-3-1-4-11-17/h1,3-4,6-7,9-12,15,25H,2,5,8,13-14H2,(H,23,26)/b19-15-. The minimum Gasteiger partial charge on any atom is -0.507 e. The number of nitrogens with zero attached hydrogens (tertiary/aromatic N) is 1. The van der Waals surface area contributed by atoms with Gasteiger partial charge in [-0.05, 0) is 37.1 Å². The maximum Gasteiger partial charge on any atom is 0.266 e. The molecule has 1 fully saturated rings. The molecule has 0 atom stereocenters. The van der Waals surface area contributed by atoms with E-state index in [0.29, 0.717) is 27.8 Å². The number of carbonyl (C=O) groups excluding carboxylic acids is 2. The number of aromatic hydroxyl groups is 1. The van der Waals surface area contributed by atoms with Gasteiger partial charge in [-0.3, -0.25) is 14.5 Å². The van der Waals surface area contributed by atoms with Crippen LogP contribution in [0.2, 0.25) is 0 Å². The van der Waals surface area contributed by atoms with Gasteiger partial charge >= 0.3 is 0 Å². The number of hydrogen-bond acceptors (Lipinski definition) is 5. The second-order valence-corrected chi connectivity index (χ2v) is 8.29. The Morgan fingerprint density at radius 1 is 1.07 bits per heavy atom. The van der Waals surface area contributed by atoms with E-state index in [9.17, 15) is 14.7 Å². The molecular formula is C22H22N2O3S2. The van der Waals surface area contributed by atoms with Crippen molar-refractivity contribution in [3.05, 3.63) is 65.1 Å². The second-order valence-electron chi connectivity index (χ2n) is 6.62. The summed E-state index contributed by atoms with van der Waals surface area (Å²) in [6, 6.07) is 16.3. The van der Waals surface area contributed by atoms with Crippen molar-refractivity contribution >= 4 is 51.9 Å². The highest BCUT2D eigenvalue weighted by Gasteiger charge is 2.31. The van der Waals surface area contributed by atoms with Crippen LogP contribution in [0.1, 0.15) is 31.2 Å². The van der Waals surface area contributed by atoms with Gasteiger partial charge in [-0.2, -0.15) is 0 Å². The maximum absolute atomic E-state index is 12.6. The monoisotopic (exact) mass is 426 g/mol. The van der Waals surface area contributed by atoms with Crippen LogP contribution in [0.15, 0.2) is 59.5 Å². The first kappa shape index (κ1) is 21.1. The number of amides is 2. The summed E-state index contributed by atoms with van der Waals surface area (Å²) in [7, 11) is 0. The van der Waals surface area contributed by atoms with Crippen LogP contribution in [0.25, 0.3) is 6.08 Å². The summed E-state index contributed by atoms with van der Waals surface area (Å²) in [5.74, 6) is -0.0102. The van der Waals surface area contributed by atoms with Gasteiger partial charge in [0.15, 0.2) is 0 Å². The summed E-state index contributed by atoms with van der Waals surface area (Å²) in [6.45, 7) is 0.531. The molecule has 2 aromatic carbocycles. The number of thioether (sulfide) groups is 1. The lowest BCUT2D eigenvalue weighted by Crippen LogP contribution is -2.29. The number of carbonyl (C=O) groups is 2. The summed E-state index contributed by atoms with van der Waals surface area (Å²) in [5.41, 5.74) is 1.39. The fourth-order valence-electron chi connectivity index (χ4n) is 2.92. The van der Waals surface area contributed by atoms with E-state index >= 15 is 0 Å². The lowest BCUT2D eigenvalue weighted by molar-refractivity contribution is -0.122. The first-order chi connectivity index (χ1) is 14.0. The molecule has 1 heterocycles. The second kappa shape index (κ2) is 10.2. The first-order valence-corrected chi connectivity index (χ1v) is 10.7. The van der Waals surface area contributed by atoms with Crippen LogP contribution in [0.3, 0.4) is 0 Å². The Morgan fingerprint density at radius 3 is 2.55 bits per heavy atom. The van der Waals surface area contributed by atoms with Gasteiger partial charge in [-0.25, -0.2) is 0 Å². The molecular weight excluding hydrogens is 404 g/mol. The van der Waals surface area contributed by atoms with E-state index in [4.69, 9.17) is 12.2 Å². The summed E-state index contributed by atoms with van der Waals surface area (Å²) in [4.78, 5) is 26.7. The summed E-state index contributed by atoms with van der Waals surface area (Å²) < 4.78 is 0.526. The highest BCUT2D eigenvalue weighted by atomic mass is 32.2. The zero-order chi connectivity index (χ0) is 20.6. The number of rotatable bonds is 8. The third-order valence-corrected chi connectivity index (χ3v) is 5.82. The third kappa shape index (κ3) is 5.92. The van der Waals surface area contributed by atoms with Crippen molar-refractivity contribution in [3.8, 4) is 5.75 Å². The van der Waals surface area contributed by atoms with E-state index in [0.717, 1.165) is 24.9 Å². The predicted octanol–water partition coefficient (Wildman–Crippen LogP) is 4.79. The van der Waals surface area contributed by atoms with Crippen LogP contribution < -0.4 is 5.32 Å². The van der Waals surface area contributed by atoms with Crippen molar-refractivity contribution in [3.63, 3.8) is 0 Å².